The van der Waals surface area contributed by atoms with Crippen LogP contribution in [0.25, 0.3) is 0 Å². The maximum absolute atomic E-state index is 12.2. The summed E-state index contributed by atoms with van der Waals surface area (Å²) in [7, 11) is 5.92. The molecule has 1 N–H and O–H groups in total. The largest absolute Gasteiger partial charge is 0.337 e. The van der Waals surface area contributed by atoms with E-state index in [1.165, 1.54) is 5.56 Å². The van der Waals surface area contributed by atoms with Gasteiger partial charge in [0.05, 0.1) is 0 Å². The van der Waals surface area contributed by atoms with Crippen LogP contribution in [0.15, 0.2) is 30.3 Å². The van der Waals surface area contributed by atoms with Crippen LogP contribution in [0, 0.1) is 0 Å². The van der Waals surface area contributed by atoms with Crippen molar-refractivity contribution in [3.05, 3.63) is 35.9 Å². The van der Waals surface area contributed by atoms with Crippen molar-refractivity contribution in [2.24, 2.45) is 0 Å². The van der Waals surface area contributed by atoms with E-state index in [4.69, 9.17) is 0 Å². The second-order valence-corrected chi connectivity index (χ2v) is 4.96. The molecule has 0 aromatic heterocycles. The molecular weight excluding hydrogens is 274 g/mol. The number of amides is 1. The monoisotopic (exact) mass is 299 g/mol. The minimum absolute atomic E-state index is 0. The normalized spacial score (nSPS) is 10.2. The highest BCUT2D eigenvalue weighted by molar-refractivity contribution is 5.85. The lowest BCUT2D eigenvalue weighted by Gasteiger charge is -2.24. The number of nitrogens with one attached hydrogen (secondary N) is 1. The van der Waals surface area contributed by atoms with Crippen LogP contribution in [-0.2, 0) is 11.3 Å². The highest BCUT2D eigenvalue weighted by atomic mass is 35.5. The second-order valence-electron chi connectivity index (χ2n) is 4.96. The molecule has 0 spiro atoms. The third kappa shape index (κ3) is 7.48. The van der Waals surface area contributed by atoms with Gasteiger partial charge in [-0.15, -0.1) is 12.4 Å². The van der Waals surface area contributed by atoms with Gasteiger partial charge in [-0.25, -0.2) is 0 Å². The van der Waals surface area contributed by atoms with E-state index < -0.39 is 0 Å². The molecule has 0 aliphatic rings. The smallest absolute Gasteiger partial charge is 0.224 e. The van der Waals surface area contributed by atoms with Crippen molar-refractivity contribution in [2.45, 2.75) is 13.0 Å². The quantitative estimate of drug-likeness (QED) is 0.792. The Bertz CT molecular complexity index is 371. The minimum atomic E-state index is 0. The molecule has 0 radical (unpaired) electrons. The van der Waals surface area contributed by atoms with Crippen molar-refractivity contribution in [2.75, 3.05) is 40.8 Å². The Labute approximate surface area is 128 Å². The van der Waals surface area contributed by atoms with Gasteiger partial charge in [0.2, 0.25) is 5.91 Å². The first-order valence-electron chi connectivity index (χ1n) is 6.74. The lowest BCUT2D eigenvalue weighted by Crippen LogP contribution is -2.37. The molecule has 0 saturated heterocycles. The average Bonchev–Trinajstić information content (AvgIpc) is 2.41. The molecule has 0 saturated carbocycles. The molecule has 0 fully saturated rings. The molecule has 0 aliphatic carbocycles. The number of hydrogen-bond acceptors (Lipinski definition) is 3. The number of likely N-dealkylation sites (N-methyl/N-ethyl adjacent to an activating group) is 1. The fraction of sp³-hybridized carbons (Fsp3) is 0.533. The van der Waals surface area contributed by atoms with Gasteiger partial charge in [-0.1, -0.05) is 30.3 Å². The molecule has 5 heteroatoms. The van der Waals surface area contributed by atoms with Gasteiger partial charge in [0.1, 0.15) is 0 Å². The summed E-state index contributed by atoms with van der Waals surface area (Å²) in [6.07, 6.45) is 0.552. The van der Waals surface area contributed by atoms with Crippen molar-refractivity contribution >= 4 is 18.3 Å². The van der Waals surface area contributed by atoms with E-state index in [9.17, 15) is 4.79 Å². The van der Waals surface area contributed by atoms with E-state index in [0.717, 1.165) is 19.6 Å². The van der Waals surface area contributed by atoms with Crippen molar-refractivity contribution in [1.82, 2.24) is 15.1 Å². The van der Waals surface area contributed by atoms with Crippen LogP contribution in [0.2, 0.25) is 0 Å². The number of hydrogen-bond donors (Lipinski definition) is 1. The molecule has 114 valence electrons. The molecule has 0 heterocycles. The second kappa shape index (κ2) is 10.7. The molecule has 0 aliphatic heterocycles. The lowest BCUT2D eigenvalue weighted by atomic mass is 10.2. The standard InChI is InChI=1S/C15H25N3O.ClH/c1-16-10-9-15(19)18(12-11-17(2)3)13-14-7-5-4-6-8-14;/h4-8,16H,9-13H2,1-3H3;1H. The zero-order chi connectivity index (χ0) is 14.1. The van der Waals surface area contributed by atoms with Crippen LogP contribution in [-0.4, -0.2) is 56.5 Å². The Morgan fingerprint density at radius 1 is 1.15 bits per heavy atom. The summed E-state index contributed by atoms with van der Waals surface area (Å²) in [5, 5.41) is 3.02. The van der Waals surface area contributed by atoms with Crippen molar-refractivity contribution in [3.8, 4) is 0 Å². The van der Waals surface area contributed by atoms with E-state index in [0.29, 0.717) is 13.0 Å². The maximum Gasteiger partial charge on any atom is 0.224 e. The number of carbonyl (C=O) groups is 1. The first-order chi connectivity index (χ1) is 9.13. The van der Waals surface area contributed by atoms with Crippen LogP contribution in [0.4, 0.5) is 0 Å². The van der Waals surface area contributed by atoms with Gasteiger partial charge in [-0.2, -0.15) is 0 Å². The number of carbonyl (C=O) groups excluding carboxylic acids is 1. The average molecular weight is 300 g/mol. The third-order valence-electron chi connectivity index (χ3n) is 2.97. The van der Waals surface area contributed by atoms with Crippen LogP contribution in [0.1, 0.15) is 12.0 Å². The van der Waals surface area contributed by atoms with Gasteiger partial charge in [0.15, 0.2) is 0 Å². The van der Waals surface area contributed by atoms with E-state index in [-0.39, 0.29) is 18.3 Å². The molecule has 1 aromatic carbocycles. The molecule has 0 unspecified atom stereocenters. The van der Waals surface area contributed by atoms with E-state index >= 15 is 0 Å². The summed E-state index contributed by atoms with van der Waals surface area (Å²) in [6, 6.07) is 10.1. The SMILES string of the molecule is CNCCC(=O)N(CCN(C)C)Cc1ccccc1.Cl. The van der Waals surface area contributed by atoms with Gasteiger partial charge < -0.3 is 15.1 Å². The summed E-state index contributed by atoms with van der Waals surface area (Å²) in [5.74, 6) is 0.208. The molecule has 1 amide bonds. The molecular formula is C15H26ClN3O. The van der Waals surface area contributed by atoms with Crippen LogP contribution >= 0.6 is 12.4 Å². The van der Waals surface area contributed by atoms with Gasteiger partial charge in [0, 0.05) is 32.6 Å². The van der Waals surface area contributed by atoms with Crippen molar-refractivity contribution < 1.29 is 4.79 Å². The molecule has 1 aromatic rings. The topological polar surface area (TPSA) is 35.6 Å². The number of nitrogens with zero attached hydrogens (tertiary/aromatic N) is 2. The highest BCUT2D eigenvalue weighted by Crippen LogP contribution is 2.06. The summed E-state index contributed by atoms with van der Waals surface area (Å²) >= 11 is 0. The Morgan fingerprint density at radius 3 is 2.35 bits per heavy atom. The van der Waals surface area contributed by atoms with Gasteiger partial charge >= 0.3 is 0 Å². The zero-order valence-corrected chi connectivity index (χ0v) is 13.4. The fourth-order valence-corrected chi connectivity index (χ4v) is 1.81. The number of rotatable bonds is 8. The summed E-state index contributed by atoms with van der Waals surface area (Å²) in [6.45, 7) is 3.08. The van der Waals surface area contributed by atoms with Crippen LogP contribution in [0.3, 0.4) is 0 Å². The van der Waals surface area contributed by atoms with E-state index in [2.05, 4.69) is 22.3 Å². The number of halogens is 1. The Kier molecular flexibility index (Phi) is 10.1. The first-order valence-corrected chi connectivity index (χ1v) is 6.74. The Balaban J connectivity index is 0.00000361. The van der Waals surface area contributed by atoms with Crippen molar-refractivity contribution in [3.63, 3.8) is 0 Å². The molecule has 20 heavy (non-hydrogen) atoms. The Morgan fingerprint density at radius 2 is 1.80 bits per heavy atom. The van der Waals surface area contributed by atoms with Crippen LogP contribution < -0.4 is 5.32 Å². The van der Waals surface area contributed by atoms with Crippen molar-refractivity contribution in [1.29, 1.82) is 0 Å². The van der Waals surface area contributed by atoms with E-state index in [1.807, 2.05) is 44.2 Å². The van der Waals surface area contributed by atoms with Gasteiger partial charge in [-0.3, -0.25) is 4.79 Å². The van der Waals surface area contributed by atoms with Gasteiger partial charge in [0.25, 0.3) is 0 Å². The lowest BCUT2D eigenvalue weighted by molar-refractivity contribution is -0.131. The molecule has 0 bridgehead atoms. The first kappa shape index (κ1) is 18.9. The molecule has 0 atom stereocenters. The summed E-state index contributed by atoms with van der Waals surface area (Å²) in [5.41, 5.74) is 1.18. The zero-order valence-electron chi connectivity index (χ0n) is 12.6. The predicted octanol–water partition coefficient (Wildman–Crippen LogP) is 1.61. The summed E-state index contributed by atoms with van der Waals surface area (Å²) in [4.78, 5) is 16.2. The molecule has 4 nitrogen and oxygen atoms in total. The maximum atomic E-state index is 12.2. The predicted molar refractivity (Wildman–Crippen MR) is 86.2 cm³/mol. The third-order valence-corrected chi connectivity index (χ3v) is 2.97. The summed E-state index contributed by atoms with van der Waals surface area (Å²) < 4.78 is 0. The Hall–Kier alpha value is -1.10. The molecule has 1 rings (SSSR count). The minimum Gasteiger partial charge on any atom is -0.337 e. The van der Waals surface area contributed by atoms with Gasteiger partial charge in [-0.05, 0) is 26.7 Å². The highest BCUT2D eigenvalue weighted by Gasteiger charge is 2.13. The number of benzene rings is 1. The fourth-order valence-electron chi connectivity index (χ4n) is 1.81. The van der Waals surface area contributed by atoms with Crippen LogP contribution in [0.5, 0.6) is 0 Å². The van der Waals surface area contributed by atoms with E-state index in [1.54, 1.807) is 0 Å².